The van der Waals surface area contributed by atoms with Crippen LogP contribution in [0, 0.1) is 40.7 Å². The molecular weight excluding hydrogens is 322 g/mol. The highest BCUT2D eigenvalue weighted by Crippen LogP contribution is 2.34. The van der Waals surface area contributed by atoms with E-state index in [4.69, 9.17) is 10.7 Å². The molecule has 2 N–H and O–H groups in total. The summed E-state index contributed by atoms with van der Waals surface area (Å²) in [5.74, 6) is -1.37. The zero-order chi connectivity index (χ0) is 18.2. The normalized spacial score (nSPS) is 15.2. The van der Waals surface area contributed by atoms with Gasteiger partial charge in [0.15, 0.2) is 5.82 Å². The summed E-state index contributed by atoms with van der Waals surface area (Å²) < 4.78 is 28.0. The fraction of sp³-hybridized carbons (Fsp3) is 0.263. The number of rotatable bonds is 4. The Hall–Kier alpha value is -2.94. The topological polar surface area (TPSA) is 62.9 Å². The molecule has 0 spiro atoms. The second kappa shape index (κ2) is 6.17. The molecule has 0 bridgehead atoms. The van der Waals surface area contributed by atoms with E-state index in [-0.39, 0.29) is 22.2 Å². The van der Waals surface area contributed by atoms with Crippen LogP contribution in [0.2, 0.25) is 0 Å². The van der Waals surface area contributed by atoms with Crippen molar-refractivity contribution >= 4 is 23.3 Å². The van der Waals surface area contributed by atoms with E-state index in [9.17, 15) is 8.78 Å². The molecule has 0 aliphatic carbocycles. The Kier molecular flexibility index (Phi) is 4.17. The van der Waals surface area contributed by atoms with Crippen molar-refractivity contribution in [1.82, 2.24) is 0 Å². The Labute approximate surface area is 145 Å². The maximum Gasteiger partial charge on any atom is 0.153 e. The summed E-state index contributed by atoms with van der Waals surface area (Å²) in [4.78, 5) is 2.10. The first-order valence-electron chi connectivity index (χ1n) is 7.89. The molecule has 1 fully saturated rings. The van der Waals surface area contributed by atoms with Crippen molar-refractivity contribution in [3.8, 4) is 6.07 Å². The molecule has 1 saturated heterocycles. The summed E-state index contributed by atoms with van der Waals surface area (Å²) in [6.45, 7) is 4.65. The summed E-state index contributed by atoms with van der Waals surface area (Å²) in [6.07, 6.45) is 0.922. The molecule has 128 valence electrons. The lowest BCUT2D eigenvalue weighted by atomic mass is 9.83. The van der Waals surface area contributed by atoms with E-state index in [1.807, 2.05) is 19.1 Å². The molecule has 1 aliphatic heterocycles. The van der Waals surface area contributed by atoms with E-state index < -0.39 is 11.6 Å². The molecule has 3 rings (SSSR count). The Morgan fingerprint density at radius 2 is 1.92 bits per heavy atom. The van der Waals surface area contributed by atoms with Crippen LogP contribution < -0.4 is 10.2 Å². The fourth-order valence-electron chi connectivity index (χ4n) is 2.93. The van der Waals surface area contributed by atoms with Crippen LogP contribution in [0.3, 0.4) is 0 Å². The number of nitriles is 1. The van der Waals surface area contributed by atoms with Gasteiger partial charge in [-0.15, -0.1) is 0 Å². The second-order valence-corrected chi connectivity index (χ2v) is 6.61. The first kappa shape index (κ1) is 16.9. The van der Waals surface area contributed by atoms with Gasteiger partial charge in [0, 0.05) is 41.8 Å². The highest BCUT2D eigenvalue weighted by Gasteiger charge is 2.38. The molecule has 0 amide bonds. The number of halogens is 2. The van der Waals surface area contributed by atoms with Gasteiger partial charge in [0.1, 0.15) is 5.82 Å². The number of anilines is 3. The summed E-state index contributed by atoms with van der Waals surface area (Å²) in [6, 6.07) is 10.8. The molecule has 1 aliphatic rings. The number of hydrogen-bond acceptors (Lipinski definition) is 4. The predicted octanol–water partition coefficient (Wildman–Crippen LogP) is 4.36. The first-order chi connectivity index (χ1) is 11.9. The van der Waals surface area contributed by atoms with Gasteiger partial charge >= 0.3 is 0 Å². The fourth-order valence-corrected chi connectivity index (χ4v) is 2.93. The average molecular weight is 340 g/mol. The quantitative estimate of drug-likeness (QED) is 0.813. The summed E-state index contributed by atoms with van der Waals surface area (Å²) in [7, 11) is 0. The Morgan fingerprint density at radius 1 is 1.28 bits per heavy atom. The Morgan fingerprint density at radius 3 is 2.48 bits per heavy atom. The van der Waals surface area contributed by atoms with Gasteiger partial charge in [-0.25, -0.2) is 8.78 Å². The molecule has 1 heterocycles. The number of benzene rings is 2. The van der Waals surface area contributed by atoms with Gasteiger partial charge in [-0.3, -0.25) is 0 Å². The van der Waals surface area contributed by atoms with Crippen molar-refractivity contribution in [2.24, 2.45) is 5.41 Å². The third-order valence-corrected chi connectivity index (χ3v) is 4.48. The van der Waals surface area contributed by atoms with Crippen LogP contribution in [-0.4, -0.2) is 19.3 Å². The summed E-state index contributed by atoms with van der Waals surface area (Å²) >= 11 is 0. The molecule has 25 heavy (non-hydrogen) atoms. The zero-order valence-corrected chi connectivity index (χ0v) is 14.0. The van der Waals surface area contributed by atoms with E-state index in [1.165, 1.54) is 6.92 Å². The van der Waals surface area contributed by atoms with Gasteiger partial charge in [0.05, 0.1) is 17.2 Å². The van der Waals surface area contributed by atoms with Crippen LogP contribution in [0.4, 0.5) is 25.8 Å². The summed E-state index contributed by atoms with van der Waals surface area (Å²) in [5.41, 5.74) is 1.48. The highest BCUT2D eigenvalue weighted by atomic mass is 19.1. The number of hydrogen-bond donors (Lipinski definition) is 2. The Balaban J connectivity index is 1.80. The third kappa shape index (κ3) is 3.05. The first-order valence-corrected chi connectivity index (χ1v) is 7.89. The largest absolute Gasteiger partial charge is 0.368 e. The van der Waals surface area contributed by atoms with Crippen LogP contribution in [-0.2, 0) is 0 Å². The van der Waals surface area contributed by atoms with Crippen LogP contribution in [0.1, 0.15) is 18.1 Å². The van der Waals surface area contributed by atoms with E-state index >= 15 is 0 Å². The lowest BCUT2D eigenvalue weighted by Gasteiger charge is -2.45. The van der Waals surface area contributed by atoms with Crippen LogP contribution in [0.5, 0.6) is 0 Å². The second-order valence-electron chi connectivity index (χ2n) is 6.61. The molecule has 0 saturated carbocycles. The predicted molar refractivity (Wildman–Crippen MR) is 94.6 cm³/mol. The molecule has 2 aromatic rings. The highest BCUT2D eigenvalue weighted by molar-refractivity contribution is 5.88. The van der Waals surface area contributed by atoms with E-state index in [2.05, 4.69) is 16.3 Å². The monoisotopic (exact) mass is 340 g/mol. The van der Waals surface area contributed by atoms with Crippen molar-refractivity contribution in [2.45, 2.75) is 13.8 Å². The molecule has 4 nitrogen and oxygen atoms in total. The molecule has 2 aromatic carbocycles. The van der Waals surface area contributed by atoms with Gasteiger partial charge in [-0.05, 0) is 44.2 Å². The van der Waals surface area contributed by atoms with Crippen molar-refractivity contribution < 1.29 is 8.78 Å². The van der Waals surface area contributed by atoms with E-state index in [1.54, 1.807) is 12.1 Å². The molecule has 0 unspecified atom stereocenters. The maximum absolute atomic E-state index is 14.3. The summed E-state index contributed by atoms with van der Waals surface area (Å²) in [5, 5.41) is 19.4. The van der Waals surface area contributed by atoms with Crippen molar-refractivity contribution in [2.75, 3.05) is 23.3 Å². The SMILES string of the molecule is Cc1c(F)cc(C=N)c(Nc2ccc(N3CC(C)(C#N)C3)cc2)c1F. The van der Waals surface area contributed by atoms with Crippen molar-refractivity contribution in [3.05, 3.63) is 53.1 Å². The zero-order valence-electron chi connectivity index (χ0n) is 14.0. The van der Waals surface area contributed by atoms with Gasteiger partial charge in [-0.2, -0.15) is 5.26 Å². The van der Waals surface area contributed by atoms with Crippen LogP contribution in [0.25, 0.3) is 0 Å². The minimum Gasteiger partial charge on any atom is -0.368 e. The van der Waals surface area contributed by atoms with Gasteiger partial charge in [-0.1, -0.05) is 0 Å². The molecule has 0 aromatic heterocycles. The molecule has 6 heteroatoms. The van der Waals surface area contributed by atoms with Crippen molar-refractivity contribution in [1.29, 1.82) is 10.7 Å². The van der Waals surface area contributed by atoms with E-state index in [0.29, 0.717) is 18.8 Å². The molecular formula is C19H18F2N4. The standard InChI is InChI=1S/C19H18F2N4/c1-12-16(20)7-13(8-22)18(17(12)21)24-14-3-5-15(6-4-14)25-10-19(2,9-23)11-25/h3-8,22,24H,10-11H2,1-2H3. The number of nitrogens with one attached hydrogen (secondary N) is 2. The minimum atomic E-state index is -0.699. The number of nitrogens with zero attached hydrogens (tertiary/aromatic N) is 2. The van der Waals surface area contributed by atoms with Gasteiger partial charge in [0.25, 0.3) is 0 Å². The molecule has 0 atom stereocenters. The van der Waals surface area contributed by atoms with Crippen LogP contribution >= 0.6 is 0 Å². The van der Waals surface area contributed by atoms with Crippen LogP contribution in [0.15, 0.2) is 30.3 Å². The third-order valence-electron chi connectivity index (χ3n) is 4.48. The Bertz CT molecular complexity index is 862. The lowest BCUT2D eigenvalue weighted by molar-refractivity contribution is 0.337. The van der Waals surface area contributed by atoms with Gasteiger partial charge in [0.2, 0.25) is 0 Å². The minimum absolute atomic E-state index is 0.0823. The molecule has 0 radical (unpaired) electrons. The maximum atomic E-state index is 14.3. The van der Waals surface area contributed by atoms with Crippen molar-refractivity contribution in [3.63, 3.8) is 0 Å². The van der Waals surface area contributed by atoms with E-state index in [0.717, 1.165) is 18.0 Å². The smallest absolute Gasteiger partial charge is 0.153 e. The average Bonchev–Trinajstić information content (AvgIpc) is 2.60. The van der Waals surface area contributed by atoms with Gasteiger partial charge < -0.3 is 15.6 Å². The lowest BCUT2D eigenvalue weighted by Crippen LogP contribution is -2.54.